The van der Waals surface area contributed by atoms with Crippen LogP contribution in [0.4, 0.5) is 5.69 Å². The molecule has 0 aliphatic rings. The Morgan fingerprint density at radius 2 is 1.68 bits per heavy atom. The van der Waals surface area contributed by atoms with Crippen LogP contribution in [0, 0.1) is 10.1 Å². The van der Waals surface area contributed by atoms with E-state index in [0.29, 0.717) is 0 Å². The van der Waals surface area contributed by atoms with Gasteiger partial charge < -0.3 is 28.3 Å². The van der Waals surface area contributed by atoms with Gasteiger partial charge in [-0.25, -0.2) is 0 Å². The molecule has 0 aliphatic heterocycles. The molecule has 14 heteroatoms. The van der Waals surface area contributed by atoms with Crippen LogP contribution in [0.5, 0.6) is 5.75 Å². The van der Waals surface area contributed by atoms with Crippen LogP contribution < -0.4 is 4.52 Å². The van der Waals surface area contributed by atoms with Crippen molar-refractivity contribution < 1.29 is 33.2 Å². The number of nitrogens with zero attached hydrogens (tertiary/aromatic N) is 1. The molecule has 0 aromatic heterocycles. The minimum Gasteiger partial charge on any atom is -0.424 e. The van der Waals surface area contributed by atoms with Crippen molar-refractivity contribution in [2.45, 2.75) is 0 Å². The van der Waals surface area contributed by atoms with E-state index >= 15 is 0 Å². The van der Waals surface area contributed by atoms with Gasteiger partial charge in [0.2, 0.25) is 0 Å². The number of halogens is 1. The van der Waals surface area contributed by atoms with Crippen molar-refractivity contribution in [1.82, 2.24) is 0 Å². The molecule has 0 spiro atoms. The fourth-order valence-electron chi connectivity index (χ4n) is 0.971. The van der Waals surface area contributed by atoms with Crippen molar-refractivity contribution in [3.63, 3.8) is 0 Å². The number of nitro groups is 1. The molecule has 1 rings (SSSR count). The molecule has 126 valence electrons. The standard InChI is InChI=1S/C8H9ClNO5PS.H3O3PS/c1-13-16(17,14-2)15-6-3-4-8(10(11)12)7(9)5-6;1-4(2,3)5/h3-5H,1-2H3;(H3,1,2,3,5). The summed E-state index contributed by atoms with van der Waals surface area (Å²) in [5.41, 5.74) is -0.206. The van der Waals surface area contributed by atoms with Crippen molar-refractivity contribution >= 4 is 54.3 Å². The maximum Gasteiger partial charge on any atom is 0.380 e. The minimum absolute atomic E-state index is 0.0405. The van der Waals surface area contributed by atoms with Crippen LogP contribution in [-0.2, 0) is 32.7 Å². The van der Waals surface area contributed by atoms with E-state index in [4.69, 9.17) is 51.7 Å². The predicted octanol–water partition coefficient (Wildman–Crippen LogP) is 2.33. The highest BCUT2D eigenvalue weighted by Gasteiger charge is 2.20. The molecule has 9 nitrogen and oxygen atoms in total. The van der Waals surface area contributed by atoms with Gasteiger partial charge >= 0.3 is 13.4 Å². The highest BCUT2D eigenvalue weighted by atomic mass is 35.5. The molecule has 0 heterocycles. The van der Waals surface area contributed by atoms with Gasteiger partial charge in [0.05, 0.1) is 4.92 Å². The number of rotatable bonds is 5. The Bertz CT molecular complexity index is 608. The summed E-state index contributed by atoms with van der Waals surface area (Å²) < 4.78 is 15.1. The first-order valence-corrected chi connectivity index (χ1v) is 10.6. The lowest BCUT2D eigenvalue weighted by Gasteiger charge is -2.18. The summed E-state index contributed by atoms with van der Waals surface area (Å²) in [7, 11) is 2.72. The zero-order chi connectivity index (χ0) is 17.6. The SMILES string of the molecule is COP(=S)(OC)Oc1ccc([N+](=O)[O-])c(Cl)c1.OP(O)(O)=S. The van der Waals surface area contributed by atoms with E-state index in [2.05, 4.69) is 11.8 Å². The summed E-state index contributed by atoms with van der Waals surface area (Å²) in [6.45, 7) is -6.66. The lowest BCUT2D eigenvalue weighted by atomic mass is 10.3. The molecule has 0 fully saturated rings. The molecule has 0 amide bonds. The fraction of sp³-hybridized carbons (Fsp3) is 0.250. The van der Waals surface area contributed by atoms with E-state index in [9.17, 15) is 10.1 Å². The van der Waals surface area contributed by atoms with E-state index in [1.165, 1.54) is 32.4 Å². The summed E-state index contributed by atoms with van der Waals surface area (Å²) >= 11 is 14.3. The molecular weight excluding hydrogens is 400 g/mol. The highest BCUT2D eigenvalue weighted by Crippen LogP contribution is 2.48. The summed E-state index contributed by atoms with van der Waals surface area (Å²) in [6, 6.07) is 3.89. The number of hydrogen-bond acceptors (Lipinski definition) is 7. The monoisotopic (exact) mass is 411 g/mol. The maximum absolute atomic E-state index is 10.5. The van der Waals surface area contributed by atoms with Gasteiger partial charge in [-0.2, -0.15) is 0 Å². The average Bonchev–Trinajstić information content (AvgIpc) is 2.36. The summed E-state index contributed by atoms with van der Waals surface area (Å²) in [5, 5.41) is 10.5. The predicted molar refractivity (Wildman–Crippen MR) is 88.0 cm³/mol. The van der Waals surface area contributed by atoms with Gasteiger partial charge in [0.1, 0.15) is 10.8 Å². The Balaban J connectivity index is 0.000000763. The Morgan fingerprint density at radius 1 is 1.23 bits per heavy atom. The van der Waals surface area contributed by atoms with Crippen LogP contribution in [-0.4, -0.2) is 33.8 Å². The van der Waals surface area contributed by atoms with Gasteiger partial charge in [0.25, 0.3) is 5.69 Å². The van der Waals surface area contributed by atoms with Gasteiger partial charge in [-0.3, -0.25) is 10.1 Å². The number of hydrogen-bond donors (Lipinski definition) is 3. The van der Waals surface area contributed by atoms with E-state index in [-0.39, 0.29) is 16.5 Å². The molecule has 0 saturated carbocycles. The zero-order valence-electron chi connectivity index (χ0n) is 11.2. The summed E-state index contributed by atoms with van der Waals surface area (Å²) in [5.74, 6) is 0.257. The van der Waals surface area contributed by atoms with E-state index in [1.807, 2.05) is 0 Å². The Kier molecular flexibility index (Phi) is 9.11. The molecule has 0 atom stereocenters. The molecule has 0 saturated heterocycles. The largest absolute Gasteiger partial charge is 0.424 e. The second-order valence-corrected chi connectivity index (χ2v) is 9.34. The highest BCUT2D eigenvalue weighted by molar-refractivity contribution is 8.07. The van der Waals surface area contributed by atoms with Crippen molar-refractivity contribution in [3.8, 4) is 5.75 Å². The molecule has 1 aromatic carbocycles. The third-order valence-electron chi connectivity index (χ3n) is 1.78. The van der Waals surface area contributed by atoms with Gasteiger partial charge in [-0.1, -0.05) is 11.6 Å². The van der Waals surface area contributed by atoms with E-state index in [0.717, 1.165) is 0 Å². The van der Waals surface area contributed by atoms with Gasteiger partial charge in [-0.05, 0) is 17.9 Å². The Labute approximate surface area is 141 Å². The molecule has 0 bridgehead atoms. The number of nitro benzene ring substituents is 1. The molecular formula is C8H12ClNO8P2S2. The molecule has 22 heavy (non-hydrogen) atoms. The van der Waals surface area contributed by atoms with Crippen LogP contribution in [0.25, 0.3) is 0 Å². The summed E-state index contributed by atoms with van der Waals surface area (Å²) in [4.78, 5) is 32.6. The molecule has 3 N–H and O–H groups in total. The second-order valence-electron chi connectivity index (χ2n) is 3.29. The molecule has 1 aromatic rings. The van der Waals surface area contributed by atoms with Crippen LogP contribution >= 0.6 is 25.0 Å². The maximum atomic E-state index is 10.5. The first kappa shape index (κ1) is 21.8. The normalized spacial score (nSPS) is 11.4. The first-order valence-electron chi connectivity index (χ1n) is 5.05. The second kappa shape index (κ2) is 9.19. The Hall–Kier alpha value is -0.190. The third kappa shape index (κ3) is 9.06. The zero-order valence-corrected chi connectivity index (χ0v) is 15.3. The van der Waals surface area contributed by atoms with Gasteiger partial charge in [0, 0.05) is 38.2 Å². The molecule has 0 aliphatic carbocycles. The van der Waals surface area contributed by atoms with E-state index < -0.39 is 18.4 Å². The van der Waals surface area contributed by atoms with Gasteiger partial charge in [-0.15, -0.1) is 0 Å². The average molecular weight is 412 g/mol. The fourth-order valence-corrected chi connectivity index (χ4v) is 2.14. The first-order chi connectivity index (χ1) is 9.91. The van der Waals surface area contributed by atoms with Crippen LogP contribution in [0.15, 0.2) is 18.2 Å². The molecule has 0 unspecified atom stereocenters. The Morgan fingerprint density at radius 3 is 2.00 bits per heavy atom. The van der Waals surface area contributed by atoms with Gasteiger partial charge in [0.15, 0.2) is 0 Å². The van der Waals surface area contributed by atoms with E-state index in [1.54, 1.807) is 0 Å². The van der Waals surface area contributed by atoms with Crippen LogP contribution in [0.3, 0.4) is 0 Å². The van der Waals surface area contributed by atoms with Crippen LogP contribution in [0.1, 0.15) is 0 Å². The third-order valence-corrected chi connectivity index (χ3v) is 4.53. The lowest BCUT2D eigenvalue weighted by Crippen LogP contribution is -1.97. The van der Waals surface area contributed by atoms with Crippen LogP contribution in [0.2, 0.25) is 5.02 Å². The number of benzene rings is 1. The van der Waals surface area contributed by atoms with Crippen molar-refractivity contribution in [1.29, 1.82) is 0 Å². The summed E-state index contributed by atoms with van der Waals surface area (Å²) in [6.07, 6.45) is 0. The lowest BCUT2D eigenvalue weighted by molar-refractivity contribution is -0.384. The minimum atomic E-state index is -3.81. The quantitative estimate of drug-likeness (QED) is 0.376. The topological polar surface area (TPSA) is 132 Å². The van der Waals surface area contributed by atoms with Crippen molar-refractivity contribution in [2.24, 2.45) is 0 Å². The molecule has 0 radical (unpaired) electrons. The smallest absolute Gasteiger partial charge is 0.380 e. The van der Waals surface area contributed by atoms with Crippen molar-refractivity contribution in [3.05, 3.63) is 33.3 Å². The van der Waals surface area contributed by atoms with Crippen molar-refractivity contribution in [2.75, 3.05) is 14.2 Å².